The molecule has 3 aliphatic rings. The minimum Gasteiger partial charge on any atom is -0.387 e. The van der Waals surface area contributed by atoms with Crippen molar-refractivity contribution in [2.45, 2.75) is 37.2 Å². The molecule has 0 aromatic carbocycles. The van der Waals surface area contributed by atoms with Crippen molar-refractivity contribution in [2.75, 3.05) is 6.61 Å². The summed E-state index contributed by atoms with van der Waals surface area (Å²) in [6.07, 6.45) is 1.30. The summed E-state index contributed by atoms with van der Waals surface area (Å²) in [4.78, 5) is 57.4. The van der Waals surface area contributed by atoms with Gasteiger partial charge < -0.3 is 34.5 Å². The maximum absolute atomic E-state index is 13.1. The summed E-state index contributed by atoms with van der Waals surface area (Å²) in [5, 5.41) is 24.6. The molecule has 5 N–H and O–H groups in total. The topological polar surface area (TPSA) is 229 Å². The number of hydrogen-bond acceptors (Lipinski definition) is 11. The van der Waals surface area contributed by atoms with Crippen LogP contribution in [0.3, 0.4) is 0 Å². The van der Waals surface area contributed by atoms with E-state index in [-0.39, 0.29) is 18.6 Å². The van der Waals surface area contributed by atoms with Gasteiger partial charge in [0.1, 0.15) is 18.3 Å². The molecule has 1 fully saturated rings. The Balaban J connectivity index is 1.51. The minimum atomic E-state index is -5.37. The van der Waals surface area contributed by atoms with Gasteiger partial charge in [-0.1, -0.05) is 23.4 Å². The van der Waals surface area contributed by atoms with Crippen molar-refractivity contribution in [1.29, 1.82) is 0 Å². The predicted octanol–water partition coefficient (Wildman–Crippen LogP) is -1.65. The molecule has 18 heteroatoms. The lowest BCUT2D eigenvalue weighted by Crippen LogP contribution is -2.44. The normalized spacial score (nSPS) is 31.6. The van der Waals surface area contributed by atoms with E-state index in [9.17, 15) is 33.8 Å². The Labute approximate surface area is 195 Å². The number of ether oxygens (including phenoxy) is 1. The molecule has 1 aromatic rings. The molecule has 0 bridgehead atoms. The first-order chi connectivity index (χ1) is 16.4. The third-order valence-electron chi connectivity index (χ3n) is 5.40. The summed E-state index contributed by atoms with van der Waals surface area (Å²) >= 11 is 0. The molecule has 4 unspecified atom stereocenters. The van der Waals surface area contributed by atoms with Crippen molar-refractivity contribution in [3.63, 3.8) is 0 Å². The molecule has 1 saturated heterocycles. The van der Waals surface area contributed by atoms with Crippen LogP contribution in [0.1, 0.15) is 6.23 Å². The third-order valence-corrected chi connectivity index (χ3v) is 7.55. The van der Waals surface area contributed by atoms with Crippen molar-refractivity contribution in [3.05, 3.63) is 57.4 Å². The molecule has 0 spiro atoms. The number of rotatable bonds is 8. The Morgan fingerprint density at radius 2 is 1.80 bits per heavy atom. The van der Waals surface area contributed by atoms with Gasteiger partial charge in [-0.25, -0.2) is 13.9 Å². The van der Waals surface area contributed by atoms with E-state index in [2.05, 4.69) is 14.0 Å². The molecule has 16 nitrogen and oxygen atoms in total. The van der Waals surface area contributed by atoms with Gasteiger partial charge in [-0.2, -0.15) is 4.31 Å². The average molecular weight is 537 g/mol. The molecule has 1 aliphatic carbocycles. The van der Waals surface area contributed by atoms with Gasteiger partial charge in [0.05, 0.1) is 24.8 Å². The summed E-state index contributed by atoms with van der Waals surface area (Å²) in [7, 11) is -10.6. The van der Waals surface area contributed by atoms with Gasteiger partial charge in [-0.05, 0) is 6.08 Å². The van der Waals surface area contributed by atoms with E-state index in [1.54, 1.807) is 18.2 Å². The molecular formula is C17H21N3O13P2. The standard InChI is InChI=1S/C17H21N3O13P2/c21-13-5-6-19(17(24)20(13)7-10-9-3-1-2-4-11(9)32-18-10)16-15(23)14(22)12(31-16)8-30-35(28,29)33-34(25,26)27/h1-6,9,11-12,14-16,22-23H,7-8H2,(H,28,29)(H2,25,26,27)/t9?,11?,12-,14+,15?,16-/m1/s1. The van der Waals surface area contributed by atoms with E-state index >= 15 is 0 Å². The first-order valence-corrected chi connectivity index (χ1v) is 13.0. The molecule has 0 saturated carbocycles. The number of nitrogens with zero attached hydrogens (tertiary/aromatic N) is 3. The molecule has 7 atom stereocenters. The van der Waals surface area contributed by atoms with Crippen LogP contribution in [0.4, 0.5) is 0 Å². The summed E-state index contributed by atoms with van der Waals surface area (Å²) < 4.78 is 37.5. The highest BCUT2D eigenvalue weighted by atomic mass is 31.3. The number of oxime groups is 1. The fraction of sp³-hybridized carbons (Fsp3) is 0.471. The van der Waals surface area contributed by atoms with Gasteiger partial charge >= 0.3 is 21.3 Å². The molecule has 1 aromatic heterocycles. The Bertz CT molecular complexity index is 1280. The van der Waals surface area contributed by atoms with Crippen LogP contribution in [0, 0.1) is 5.92 Å². The smallest absolute Gasteiger partial charge is 0.387 e. The fourth-order valence-electron chi connectivity index (χ4n) is 3.77. The summed E-state index contributed by atoms with van der Waals surface area (Å²) in [6, 6.07) is 1.04. The Hall–Kier alpha value is -2.23. The largest absolute Gasteiger partial charge is 0.481 e. The fourth-order valence-corrected chi connectivity index (χ4v) is 5.37. The van der Waals surface area contributed by atoms with Crippen molar-refractivity contribution >= 4 is 21.4 Å². The number of fused-ring (bicyclic) bond motifs is 1. The number of phosphoric ester groups is 1. The van der Waals surface area contributed by atoms with E-state index in [0.717, 1.165) is 21.4 Å². The zero-order valence-electron chi connectivity index (χ0n) is 17.6. The van der Waals surface area contributed by atoms with Gasteiger partial charge in [-0.15, -0.1) is 0 Å². The number of aliphatic hydroxyl groups is 2. The van der Waals surface area contributed by atoms with Gasteiger partial charge in [0.25, 0.3) is 5.56 Å². The highest BCUT2D eigenvalue weighted by Crippen LogP contribution is 2.57. The summed E-state index contributed by atoms with van der Waals surface area (Å²) in [5.74, 6) is -0.277. The Kier molecular flexibility index (Phi) is 7.14. The van der Waals surface area contributed by atoms with Crippen LogP contribution in [0.2, 0.25) is 0 Å². The number of aromatic nitrogens is 2. The number of phosphoric acid groups is 2. The van der Waals surface area contributed by atoms with Crippen molar-refractivity contribution in [1.82, 2.24) is 9.13 Å². The predicted molar refractivity (Wildman–Crippen MR) is 114 cm³/mol. The lowest BCUT2D eigenvalue weighted by atomic mass is 9.93. The number of aliphatic hydroxyl groups excluding tert-OH is 2. The van der Waals surface area contributed by atoms with Crippen molar-refractivity contribution < 1.29 is 52.4 Å². The second-order valence-electron chi connectivity index (χ2n) is 7.76. The molecule has 0 radical (unpaired) electrons. The van der Waals surface area contributed by atoms with Crippen LogP contribution in [-0.4, -0.2) is 70.8 Å². The average Bonchev–Trinajstić information content (AvgIpc) is 3.30. The van der Waals surface area contributed by atoms with Crippen LogP contribution >= 0.6 is 15.6 Å². The van der Waals surface area contributed by atoms with E-state index in [1.807, 2.05) is 6.08 Å². The van der Waals surface area contributed by atoms with Gasteiger partial charge in [0, 0.05) is 12.3 Å². The van der Waals surface area contributed by atoms with E-state index in [4.69, 9.17) is 19.4 Å². The first kappa shape index (κ1) is 25.9. The number of allylic oxidation sites excluding steroid dienone is 2. The van der Waals surface area contributed by atoms with Gasteiger partial charge in [0.15, 0.2) is 12.3 Å². The van der Waals surface area contributed by atoms with E-state index in [0.29, 0.717) is 5.71 Å². The molecule has 4 rings (SSSR count). The Morgan fingerprint density at radius 3 is 2.51 bits per heavy atom. The van der Waals surface area contributed by atoms with Crippen molar-refractivity contribution in [3.8, 4) is 0 Å². The van der Waals surface area contributed by atoms with Crippen molar-refractivity contribution in [2.24, 2.45) is 11.1 Å². The van der Waals surface area contributed by atoms with Crippen LogP contribution in [-0.2, 0) is 34.1 Å². The quantitative estimate of drug-likeness (QED) is 0.235. The zero-order chi connectivity index (χ0) is 25.5. The SMILES string of the molecule is O=c1ccn([C@@H]2O[C@H](COP(=O)(O)OP(=O)(O)O)[C@H](O)C2O)c(=O)n1CC1=NOC2C=CC=CC12. The second kappa shape index (κ2) is 9.67. The van der Waals surface area contributed by atoms with Gasteiger partial charge in [0.2, 0.25) is 0 Å². The molecule has 3 heterocycles. The first-order valence-electron chi connectivity index (χ1n) is 10.0. The maximum atomic E-state index is 13.1. The Morgan fingerprint density at radius 1 is 1.09 bits per heavy atom. The monoisotopic (exact) mass is 537 g/mol. The van der Waals surface area contributed by atoms with Crippen LogP contribution < -0.4 is 11.2 Å². The van der Waals surface area contributed by atoms with E-state index < -0.39 is 58.0 Å². The summed E-state index contributed by atoms with van der Waals surface area (Å²) in [5.41, 5.74) is -1.17. The molecule has 35 heavy (non-hydrogen) atoms. The van der Waals surface area contributed by atoms with E-state index in [1.165, 1.54) is 0 Å². The molecule has 2 aliphatic heterocycles. The molecule has 192 valence electrons. The zero-order valence-corrected chi connectivity index (χ0v) is 19.4. The molecule has 0 amide bonds. The second-order valence-corrected chi connectivity index (χ2v) is 10.6. The highest BCUT2D eigenvalue weighted by Gasteiger charge is 2.46. The highest BCUT2D eigenvalue weighted by molar-refractivity contribution is 7.60. The lowest BCUT2D eigenvalue weighted by molar-refractivity contribution is -0.0547. The molecular weight excluding hydrogens is 516 g/mol. The minimum absolute atomic E-state index is 0.219. The van der Waals surface area contributed by atoms with Gasteiger partial charge in [-0.3, -0.25) is 18.5 Å². The summed E-state index contributed by atoms with van der Waals surface area (Å²) in [6.45, 7) is -1.16. The maximum Gasteiger partial charge on any atom is 0.481 e. The number of hydrogen-bond donors (Lipinski definition) is 5. The lowest BCUT2D eigenvalue weighted by Gasteiger charge is -2.19. The van der Waals surface area contributed by atoms with Crippen LogP contribution in [0.25, 0.3) is 0 Å². The van der Waals surface area contributed by atoms with Crippen LogP contribution in [0.5, 0.6) is 0 Å². The van der Waals surface area contributed by atoms with Crippen LogP contribution in [0.15, 0.2) is 51.3 Å². The third kappa shape index (κ3) is 5.62.